The third-order valence-electron chi connectivity index (χ3n) is 2.39. The van der Waals surface area contributed by atoms with Crippen LogP contribution in [0.3, 0.4) is 0 Å². The highest BCUT2D eigenvalue weighted by molar-refractivity contribution is 7.89. The molecule has 7 nitrogen and oxygen atoms in total. The second-order valence-electron chi connectivity index (χ2n) is 5.02. The van der Waals surface area contributed by atoms with Crippen LogP contribution >= 0.6 is 12.4 Å². The molecule has 0 bridgehead atoms. The van der Waals surface area contributed by atoms with Gasteiger partial charge in [-0.3, -0.25) is 10.1 Å². The van der Waals surface area contributed by atoms with Gasteiger partial charge in [0.05, 0.1) is 9.82 Å². The van der Waals surface area contributed by atoms with Gasteiger partial charge in [0.1, 0.15) is 0 Å². The van der Waals surface area contributed by atoms with Gasteiger partial charge in [-0.15, -0.1) is 12.4 Å². The van der Waals surface area contributed by atoms with Crippen molar-refractivity contribution in [2.75, 3.05) is 6.54 Å². The molecule has 0 radical (unpaired) electrons. The first-order valence-electron chi connectivity index (χ1n) is 5.56. The van der Waals surface area contributed by atoms with Crippen LogP contribution in [-0.2, 0) is 10.0 Å². The maximum absolute atomic E-state index is 12.1. The highest BCUT2D eigenvalue weighted by Gasteiger charge is 2.22. The number of non-ortho nitro benzene ring substituents is 1. The van der Waals surface area contributed by atoms with Gasteiger partial charge >= 0.3 is 0 Å². The van der Waals surface area contributed by atoms with Gasteiger partial charge in [0.25, 0.3) is 5.69 Å². The molecule has 0 fully saturated rings. The van der Waals surface area contributed by atoms with Crippen molar-refractivity contribution in [2.45, 2.75) is 31.2 Å². The van der Waals surface area contributed by atoms with Crippen LogP contribution in [0.1, 0.15) is 19.4 Å². The Bertz CT molecular complexity index is 596. The number of rotatable bonds is 5. The van der Waals surface area contributed by atoms with Crippen LogP contribution in [-0.4, -0.2) is 25.4 Å². The normalized spacial score (nSPS) is 11.8. The summed E-state index contributed by atoms with van der Waals surface area (Å²) in [5.41, 5.74) is 5.17. The van der Waals surface area contributed by atoms with Gasteiger partial charge in [0.15, 0.2) is 0 Å². The Morgan fingerprint density at radius 3 is 2.40 bits per heavy atom. The fourth-order valence-electron chi connectivity index (χ4n) is 1.35. The van der Waals surface area contributed by atoms with Crippen LogP contribution < -0.4 is 10.5 Å². The van der Waals surface area contributed by atoms with Gasteiger partial charge in [-0.25, -0.2) is 13.1 Å². The summed E-state index contributed by atoms with van der Waals surface area (Å²) in [5.74, 6) is 0. The number of benzene rings is 1. The predicted octanol–water partition coefficient (Wildman–Crippen LogP) is 1.34. The standard InChI is InChI=1S/C11H17N3O4S.ClH/c1-8-4-5-9(14(15)16)6-10(8)19(17,18)13-7-11(2,3)12;/h4-6,13H,7,12H2,1-3H3;1H. The number of nitro benzene ring substituents is 1. The first-order valence-corrected chi connectivity index (χ1v) is 7.05. The van der Waals surface area contributed by atoms with Crippen molar-refractivity contribution < 1.29 is 13.3 Å². The first kappa shape index (κ1) is 18.8. The molecule has 3 N–H and O–H groups in total. The zero-order valence-corrected chi connectivity index (χ0v) is 13.0. The largest absolute Gasteiger partial charge is 0.324 e. The van der Waals surface area contributed by atoms with Gasteiger partial charge in [-0.1, -0.05) is 6.07 Å². The Hall–Kier alpha value is -1.22. The molecule has 0 amide bonds. The zero-order chi connectivity index (χ0) is 14.8. The molecule has 1 aromatic rings. The number of hydrogen-bond acceptors (Lipinski definition) is 5. The summed E-state index contributed by atoms with van der Waals surface area (Å²) in [5, 5.41) is 10.7. The Labute approximate surface area is 124 Å². The quantitative estimate of drug-likeness (QED) is 0.626. The van der Waals surface area contributed by atoms with Crippen molar-refractivity contribution in [3.63, 3.8) is 0 Å². The van der Waals surface area contributed by atoms with E-state index in [4.69, 9.17) is 5.73 Å². The number of nitrogens with two attached hydrogens (primary N) is 1. The fraction of sp³-hybridized carbons (Fsp3) is 0.455. The van der Waals surface area contributed by atoms with Gasteiger partial charge < -0.3 is 5.73 Å². The van der Waals surface area contributed by atoms with E-state index >= 15 is 0 Å². The number of halogens is 1. The van der Waals surface area contributed by atoms with Crippen molar-refractivity contribution >= 4 is 28.1 Å². The average molecular weight is 324 g/mol. The number of nitrogens with one attached hydrogen (secondary N) is 1. The molecule has 0 heterocycles. The van der Waals surface area contributed by atoms with E-state index in [2.05, 4.69) is 4.72 Å². The van der Waals surface area contributed by atoms with E-state index in [1.54, 1.807) is 20.8 Å². The summed E-state index contributed by atoms with van der Waals surface area (Å²) in [7, 11) is -3.81. The topological polar surface area (TPSA) is 115 Å². The third kappa shape index (κ3) is 5.04. The van der Waals surface area contributed by atoms with Crippen LogP contribution in [0.25, 0.3) is 0 Å². The second kappa shape index (κ2) is 6.49. The number of aryl methyl sites for hydroxylation is 1. The minimum Gasteiger partial charge on any atom is -0.324 e. The SMILES string of the molecule is Cc1ccc([N+](=O)[O-])cc1S(=O)(=O)NCC(C)(C)N.Cl. The summed E-state index contributed by atoms with van der Waals surface area (Å²) >= 11 is 0. The average Bonchev–Trinajstić information content (AvgIpc) is 2.25. The Kier molecular flexibility index (Phi) is 6.09. The van der Waals surface area contributed by atoms with Crippen molar-refractivity contribution in [1.29, 1.82) is 0 Å². The van der Waals surface area contributed by atoms with Crippen LogP contribution in [0.4, 0.5) is 5.69 Å². The van der Waals surface area contributed by atoms with Crippen molar-refractivity contribution in [2.24, 2.45) is 5.73 Å². The predicted molar refractivity (Wildman–Crippen MR) is 78.5 cm³/mol. The van der Waals surface area contributed by atoms with E-state index in [1.807, 2.05) is 0 Å². The summed E-state index contributed by atoms with van der Waals surface area (Å²) in [4.78, 5) is 9.94. The van der Waals surface area contributed by atoms with Crippen molar-refractivity contribution in [1.82, 2.24) is 4.72 Å². The number of nitrogens with zero attached hydrogens (tertiary/aromatic N) is 1. The molecular formula is C11H18ClN3O4S. The second-order valence-corrected chi connectivity index (χ2v) is 6.76. The monoisotopic (exact) mass is 323 g/mol. The number of hydrogen-bond donors (Lipinski definition) is 2. The van der Waals surface area contributed by atoms with Crippen LogP contribution in [0.15, 0.2) is 23.1 Å². The highest BCUT2D eigenvalue weighted by atomic mass is 35.5. The van der Waals surface area contributed by atoms with Gasteiger partial charge in [0.2, 0.25) is 10.0 Å². The Morgan fingerprint density at radius 1 is 1.40 bits per heavy atom. The Morgan fingerprint density at radius 2 is 1.95 bits per heavy atom. The van der Waals surface area contributed by atoms with E-state index in [0.29, 0.717) is 5.56 Å². The van der Waals surface area contributed by atoms with Gasteiger partial charge in [-0.2, -0.15) is 0 Å². The molecule has 0 aliphatic carbocycles. The molecule has 0 atom stereocenters. The molecule has 20 heavy (non-hydrogen) atoms. The minimum atomic E-state index is -3.81. The van der Waals surface area contributed by atoms with E-state index in [0.717, 1.165) is 6.07 Å². The lowest BCUT2D eigenvalue weighted by Crippen LogP contribution is -2.45. The molecule has 1 aromatic carbocycles. The zero-order valence-electron chi connectivity index (χ0n) is 11.4. The van der Waals surface area contributed by atoms with E-state index in [9.17, 15) is 18.5 Å². The molecule has 0 aliphatic rings. The van der Waals surface area contributed by atoms with E-state index in [1.165, 1.54) is 12.1 Å². The van der Waals surface area contributed by atoms with Crippen molar-refractivity contribution in [3.05, 3.63) is 33.9 Å². The molecule has 0 aromatic heterocycles. The lowest BCUT2D eigenvalue weighted by molar-refractivity contribution is -0.385. The summed E-state index contributed by atoms with van der Waals surface area (Å²) in [6.45, 7) is 4.97. The maximum atomic E-state index is 12.1. The molecule has 0 unspecified atom stereocenters. The molecule has 0 aliphatic heterocycles. The van der Waals surface area contributed by atoms with Crippen molar-refractivity contribution in [3.8, 4) is 0 Å². The molecule has 0 saturated carbocycles. The smallest absolute Gasteiger partial charge is 0.270 e. The first-order chi connectivity index (χ1) is 8.53. The molecular weight excluding hydrogens is 306 g/mol. The van der Waals surface area contributed by atoms with E-state index in [-0.39, 0.29) is 29.5 Å². The summed E-state index contributed by atoms with van der Waals surface area (Å²) in [6.07, 6.45) is 0. The molecule has 9 heteroatoms. The molecule has 1 rings (SSSR count). The summed E-state index contributed by atoms with van der Waals surface area (Å²) in [6, 6.07) is 3.71. The lowest BCUT2D eigenvalue weighted by atomic mass is 10.1. The van der Waals surface area contributed by atoms with Gasteiger partial charge in [-0.05, 0) is 26.3 Å². The summed E-state index contributed by atoms with van der Waals surface area (Å²) < 4.78 is 26.5. The number of nitro groups is 1. The van der Waals surface area contributed by atoms with Crippen LogP contribution in [0, 0.1) is 17.0 Å². The minimum absolute atomic E-state index is 0. The fourth-order valence-corrected chi connectivity index (χ4v) is 2.84. The Balaban J connectivity index is 0.00000361. The third-order valence-corrected chi connectivity index (χ3v) is 3.93. The maximum Gasteiger partial charge on any atom is 0.270 e. The number of sulfonamides is 1. The molecule has 0 saturated heterocycles. The van der Waals surface area contributed by atoms with Crippen LogP contribution in [0.2, 0.25) is 0 Å². The highest BCUT2D eigenvalue weighted by Crippen LogP contribution is 2.21. The van der Waals surface area contributed by atoms with Gasteiger partial charge in [0, 0.05) is 24.2 Å². The lowest BCUT2D eigenvalue weighted by Gasteiger charge is -2.19. The van der Waals surface area contributed by atoms with E-state index < -0.39 is 20.5 Å². The molecule has 0 spiro atoms. The molecule has 114 valence electrons. The van der Waals surface area contributed by atoms with Crippen LogP contribution in [0.5, 0.6) is 0 Å².